The van der Waals surface area contributed by atoms with Crippen molar-refractivity contribution in [2.45, 2.75) is 33.2 Å². The summed E-state index contributed by atoms with van der Waals surface area (Å²) in [5, 5.41) is 2.59. The molecule has 1 N–H and O–H groups in total. The molecule has 0 fully saturated rings. The van der Waals surface area contributed by atoms with Crippen molar-refractivity contribution in [1.82, 2.24) is 4.90 Å². The van der Waals surface area contributed by atoms with Crippen LogP contribution >= 0.6 is 0 Å². The number of benzene rings is 1. The number of carbonyl (C=O) groups is 3. The van der Waals surface area contributed by atoms with Gasteiger partial charge in [-0.15, -0.1) is 0 Å². The van der Waals surface area contributed by atoms with Gasteiger partial charge in [0.05, 0.1) is 16.8 Å². The van der Waals surface area contributed by atoms with Crippen LogP contribution in [0.4, 0.5) is 5.69 Å². The third kappa shape index (κ3) is 2.12. The summed E-state index contributed by atoms with van der Waals surface area (Å²) < 4.78 is 0. The van der Waals surface area contributed by atoms with Gasteiger partial charge in [-0.25, -0.2) is 0 Å². The Bertz CT molecular complexity index is 585. The van der Waals surface area contributed by atoms with Gasteiger partial charge in [0.15, 0.2) is 0 Å². The van der Waals surface area contributed by atoms with Gasteiger partial charge in [0.2, 0.25) is 5.91 Å². The molecule has 0 unspecified atom stereocenters. The summed E-state index contributed by atoms with van der Waals surface area (Å²) >= 11 is 0. The van der Waals surface area contributed by atoms with Gasteiger partial charge in [-0.3, -0.25) is 19.3 Å². The van der Waals surface area contributed by atoms with Gasteiger partial charge < -0.3 is 5.32 Å². The molecule has 5 nitrogen and oxygen atoms in total. The van der Waals surface area contributed by atoms with Crippen LogP contribution in [0.2, 0.25) is 0 Å². The highest BCUT2D eigenvalue weighted by Gasteiger charge is 2.43. The number of fused-ring (bicyclic) bond motifs is 1. The summed E-state index contributed by atoms with van der Waals surface area (Å²) in [6.45, 7) is 6.76. The highest BCUT2D eigenvalue weighted by atomic mass is 16.2. The summed E-state index contributed by atoms with van der Waals surface area (Å²) in [5.41, 5.74) is 0.402. The first kappa shape index (κ1) is 13.3. The van der Waals surface area contributed by atoms with E-state index in [9.17, 15) is 14.4 Å². The van der Waals surface area contributed by atoms with E-state index in [1.807, 2.05) is 0 Å². The Hall–Kier alpha value is -2.17. The maximum Gasteiger partial charge on any atom is 0.264 e. The summed E-state index contributed by atoms with van der Waals surface area (Å²) in [6, 6.07) is 4.88. The lowest BCUT2D eigenvalue weighted by molar-refractivity contribution is -0.114. The minimum atomic E-state index is -0.597. The molecule has 1 aromatic carbocycles. The SMILES string of the molecule is CC(=O)Nc1cccc2c1C(=O)N(C(C)(C)C)C2=O. The Kier molecular flexibility index (Phi) is 2.92. The first-order valence-corrected chi connectivity index (χ1v) is 6.03. The van der Waals surface area contributed by atoms with Crippen molar-refractivity contribution in [2.75, 3.05) is 5.32 Å². The molecule has 0 saturated carbocycles. The van der Waals surface area contributed by atoms with Gasteiger partial charge in [0, 0.05) is 12.5 Å². The minimum Gasteiger partial charge on any atom is -0.326 e. The normalized spacial score (nSPS) is 14.6. The Morgan fingerprint density at radius 1 is 1.16 bits per heavy atom. The third-order valence-corrected chi connectivity index (χ3v) is 2.90. The smallest absolute Gasteiger partial charge is 0.264 e. The van der Waals surface area contributed by atoms with Crippen LogP contribution in [0.25, 0.3) is 0 Å². The first-order chi connectivity index (χ1) is 8.73. The fraction of sp³-hybridized carbons (Fsp3) is 0.357. The molecule has 100 valence electrons. The third-order valence-electron chi connectivity index (χ3n) is 2.90. The Labute approximate surface area is 111 Å². The van der Waals surface area contributed by atoms with Crippen LogP contribution in [0.15, 0.2) is 18.2 Å². The summed E-state index contributed by atoms with van der Waals surface area (Å²) in [6.07, 6.45) is 0. The fourth-order valence-electron chi connectivity index (χ4n) is 2.19. The topological polar surface area (TPSA) is 66.5 Å². The number of hydrogen-bond donors (Lipinski definition) is 1. The van der Waals surface area contributed by atoms with Crippen LogP contribution in [-0.4, -0.2) is 28.2 Å². The second-order valence-corrected chi connectivity index (χ2v) is 5.53. The van der Waals surface area contributed by atoms with Crippen molar-refractivity contribution in [3.05, 3.63) is 29.3 Å². The van der Waals surface area contributed by atoms with Crippen molar-refractivity contribution in [2.24, 2.45) is 0 Å². The van der Waals surface area contributed by atoms with E-state index < -0.39 is 5.54 Å². The molecule has 1 aromatic rings. The molecular formula is C14H16N2O3. The van der Waals surface area contributed by atoms with E-state index in [0.717, 1.165) is 0 Å². The van der Waals surface area contributed by atoms with E-state index >= 15 is 0 Å². The zero-order chi connectivity index (χ0) is 14.4. The molecular weight excluding hydrogens is 244 g/mol. The summed E-state index contributed by atoms with van der Waals surface area (Å²) in [5.74, 6) is -0.959. The van der Waals surface area contributed by atoms with E-state index in [1.165, 1.54) is 11.8 Å². The predicted molar refractivity (Wildman–Crippen MR) is 71.0 cm³/mol. The van der Waals surface area contributed by atoms with Crippen molar-refractivity contribution in [3.63, 3.8) is 0 Å². The Morgan fingerprint density at radius 3 is 2.32 bits per heavy atom. The Morgan fingerprint density at radius 2 is 1.79 bits per heavy atom. The largest absolute Gasteiger partial charge is 0.326 e. The van der Waals surface area contributed by atoms with Gasteiger partial charge in [-0.2, -0.15) is 0 Å². The van der Waals surface area contributed by atoms with E-state index in [-0.39, 0.29) is 23.3 Å². The standard InChI is InChI=1S/C14H16N2O3/c1-8(17)15-10-7-5-6-9-11(10)13(19)16(12(9)18)14(2,3)4/h5-7H,1-4H3,(H,15,17). The number of amides is 3. The van der Waals surface area contributed by atoms with Gasteiger partial charge in [-0.05, 0) is 32.9 Å². The van der Waals surface area contributed by atoms with Gasteiger partial charge in [-0.1, -0.05) is 6.07 Å². The number of anilines is 1. The van der Waals surface area contributed by atoms with Gasteiger partial charge in [0.25, 0.3) is 11.8 Å². The predicted octanol–water partition coefficient (Wildman–Crippen LogP) is 2.04. The molecule has 0 aromatic heterocycles. The van der Waals surface area contributed by atoms with E-state index in [4.69, 9.17) is 0 Å². The number of imide groups is 1. The average Bonchev–Trinajstić information content (AvgIpc) is 2.51. The lowest BCUT2D eigenvalue weighted by Crippen LogP contribution is -2.45. The van der Waals surface area contributed by atoms with Crippen molar-refractivity contribution < 1.29 is 14.4 Å². The number of nitrogens with zero attached hydrogens (tertiary/aromatic N) is 1. The maximum absolute atomic E-state index is 12.4. The van der Waals surface area contributed by atoms with Crippen LogP contribution in [0.5, 0.6) is 0 Å². The zero-order valence-electron chi connectivity index (χ0n) is 11.4. The van der Waals surface area contributed by atoms with Crippen LogP contribution in [0.3, 0.4) is 0 Å². The molecule has 0 spiro atoms. The molecule has 0 aliphatic carbocycles. The van der Waals surface area contributed by atoms with E-state index in [0.29, 0.717) is 11.3 Å². The van der Waals surface area contributed by atoms with Gasteiger partial charge in [0.1, 0.15) is 0 Å². The maximum atomic E-state index is 12.4. The highest BCUT2D eigenvalue weighted by Crippen LogP contribution is 2.33. The molecule has 1 heterocycles. The molecule has 0 radical (unpaired) electrons. The van der Waals surface area contributed by atoms with E-state index in [2.05, 4.69) is 5.32 Å². The molecule has 3 amide bonds. The summed E-state index contributed by atoms with van der Waals surface area (Å²) in [7, 11) is 0. The van der Waals surface area contributed by atoms with Crippen LogP contribution < -0.4 is 5.32 Å². The first-order valence-electron chi connectivity index (χ1n) is 6.03. The molecule has 5 heteroatoms. The second-order valence-electron chi connectivity index (χ2n) is 5.53. The molecule has 1 aliphatic rings. The number of hydrogen-bond acceptors (Lipinski definition) is 3. The zero-order valence-corrected chi connectivity index (χ0v) is 11.4. The lowest BCUT2D eigenvalue weighted by Gasteiger charge is -2.29. The molecule has 0 saturated heterocycles. The van der Waals surface area contributed by atoms with Crippen LogP contribution in [0.1, 0.15) is 48.4 Å². The molecule has 0 bridgehead atoms. The van der Waals surface area contributed by atoms with Crippen molar-refractivity contribution in [3.8, 4) is 0 Å². The average molecular weight is 260 g/mol. The Balaban J connectivity index is 2.56. The number of nitrogens with one attached hydrogen (secondary N) is 1. The van der Waals surface area contributed by atoms with Crippen LogP contribution in [0, 0.1) is 0 Å². The van der Waals surface area contributed by atoms with Crippen LogP contribution in [-0.2, 0) is 4.79 Å². The van der Waals surface area contributed by atoms with Crippen molar-refractivity contribution in [1.29, 1.82) is 0 Å². The van der Waals surface area contributed by atoms with E-state index in [1.54, 1.807) is 39.0 Å². The fourth-order valence-corrected chi connectivity index (χ4v) is 2.19. The molecule has 2 rings (SSSR count). The highest BCUT2D eigenvalue weighted by molar-refractivity contribution is 6.24. The molecule has 1 aliphatic heterocycles. The number of carbonyl (C=O) groups excluding carboxylic acids is 3. The minimum absolute atomic E-state index is 0.275. The molecule has 19 heavy (non-hydrogen) atoms. The molecule has 0 atom stereocenters. The quantitative estimate of drug-likeness (QED) is 0.786. The number of rotatable bonds is 1. The second kappa shape index (κ2) is 4.19. The van der Waals surface area contributed by atoms with Gasteiger partial charge >= 0.3 is 0 Å². The summed E-state index contributed by atoms with van der Waals surface area (Å²) in [4.78, 5) is 37.1. The lowest BCUT2D eigenvalue weighted by atomic mass is 10.1. The van der Waals surface area contributed by atoms with Crippen molar-refractivity contribution >= 4 is 23.4 Å². The monoisotopic (exact) mass is 260 g/mol.